The first kappa shape index (κ1) is 20.6. The maximum atomic E-state index is 13.6. The van der Waals surface area contributed by atoms with E-state index < -0.39 is 0 Å². The van der Waals surface area contributed by atoms with Gasteiger partial charge in [-0.1, -0.05) is 32.0 Å². The van der Waals surface area contributed by atoms with Gasteiger partial charge in [-0.15, -0.1) is 0 Å². The van der Waals surface area contributed by atoms with Crippen molar-refractivity contribution < 1.29 is 9.53 Å². The summed E-state index contributed by atoms with van der Waals surface area (Å²) < 4.78 is 5.41. The number of methoxy groups -OCH3 is 1. The van der Waals surface area contributed by atoms with Gasteiger partial charge in [0.1, 0.15) is 5.69 Å². The number of hydrogen-bond acceptors (Lipinski definition) is 5. The number of amides is 1. The quantitative estimate of drug-likeness (QED) is 0.423. The molecule has 7 heteroatoms. The Morgan fingerprint density at radius 3 is 2.66 bits per heavy atom. The topological polar surface area (TPSA) is 71.1 Å². The molecule has 162 valence electrons. The van der Waals surface area contributed by atoms with Crippen LogP contribution in [0.3, 0.4) is 0 Å². The molecule has 6 nitrogen and oxygen atoms in total. The number of aromatic nitrogens is 3. The van der Waals surface area contributed by atoms with Crippen molar-refractivity contribution in [2.75, 3.05) is 12.0 Å². The maximum Gasteiger partial charge on any atom is 0.277 e. The van der Waals surface area contributed by atoms with Crippen LogP contribution in [-0.4, -0.2) is 28.2 Å². The highest BCUT2D eigenvalue weighted by Gasteiger charge is 2.44. The van der Waals surface area contributed by atoms with Gasteiger partial charge in [-0.3, -0.25) is 19.8 Å². The van der Waals surface area contributed by atoms with Gasteiger partial charge < -0.3 is 4.74 Å². The Morgan fingerprint density at radius 2 is 1.97 bits per heavy atom. The van der Waals surface area contributed by atoms with Gasteiger partial charge in [0.2, 0.25) is 0 Å². The second kappa shape index (κ2) is 8.33. The van der Waals surface area contributed by atoms with Crippen LogP contribution < -0.4 is 4.90 Å². The molecule has 32 heavy (non-hydrogen) atoms. The van der Waals surface area contributed by atoms with Gasteiger partial charge in [-0.2, -0.15) is 16.4 Å². The van der Waals surface area contributed by atoms with E-state index >= 15 is 0 Å². The Hall–Kier alpha value is -3.29. The fraction of sp³-hybridized carbons (Fsp3) is 0.240. The van der Waals surface area contributed by atoms with Crippen LogP contribution >= 0.6 is 11.3 Å². The maximum absolute atomic E-state index is 13.6. The van der Waals surface area contributed by atoms with Crippen LogP contribution in [0.2, 0.25) is 0 Å². The Balaban J connectivity index is 1.65. The van der Waals surface area contributed by atoms with E-state index in [0.29, 0.717) is 12.3 Å². The molecule has 0 fully saturated rings. The summed E-state index contributed by atoms with van der Waals surface area (Å²) in [5.74, 6) is 0.0914. The number of H-pyrrole nitrogens is 1. The summed E-state index contributed by atoms with van der Waals surface area (Å²) >= 11 is 1.67. The van der Waals surface area contributed by atoms with Crippen molar-refractivity contribution in [2.24, 2.45) is 0 Å². The van der Waals surface area contributed by atoms with E-state index in [4.69, 9.17) is 4.74 Å². The number of aromatic amines is 1. The monoisotopic (exact) mass is 444 g/mol. The predicted octanol–water partition coefficient (Wildman–Crippen LogP) is 5.55. The molecule has 1 aliphatic heterocycles. The second-order valence-corrected chi connectivity index (χ2v) is 8.94. The van der Waals surface area contributed by atoms with Gasteiger partial charge in [-0.25, -0.2) is 0 Å². The molecule has 3 aromatic heterocycles. The van der Waals surface area contributed by atoms with E-state index in [1.54, 1.807) is 24.6 Å². The fourth-order valence-corrected chi connectivity index (χ4v) is 5.04. The average Bonchev–Trinajstić information content (AvgIpc) is 3.53. The third kappa shape index (κ3) is 3.34. The van der Waals surface area contributed by atoms with E-state index in [9.17, 15) is 4.79 Å². The number of nitrogens with one attached hydrogen (secondary N) is 1. The van der Waals surface area contributed by atoms with Crippen LogP contribution in [0.15, 0.2) is 59.4 Å². The number of fused-ring (bicyclic) bond motifs is 1. The molecule has 0 saturated heterocycles. The van der Waals surface area contributed by atoms with Gasteiger partial charge in [0, 0.05) is 30.1 Å². The molecular formula is C25H24N4O2S. The minimum atomic E-state index is -0.320. The zero-order valence-electron chi connectivity index (χ0n) is 18.2. The molecule has 1 N–H and O–H groups in total. The normalized spacial score (nSPS) is 15.6. The smallest absolute Gasteiger partial charge is 0.277 e. The number of pyridine rings is 1. The molecule has 4 aromatic rings. The lowest BCUT2D eigenvalue weighted by molar-refractivity contribution is 0.0988. The summed E-state index contributed by atoms with van der Waals surface area (Å²) in [6.45, 7) is 4.56. The van der Waals surface area contributed by atoms with Crippen molar-refractivity contribution in [1.82, 2.24) is 15.2 Å². The number of thiophene rings is 1. The summed E-state index contributed by atoms with van der Waals surface area (Å²) in [7, 11) is 1.65. The highest BCUT2D eigenvalue weighted by atomic mass is 32.1. The lowest BCUT2D eigenvalue weighted by atomic mass is 9.93. The molecule has 0 saturated carbocycles. The third-order valence-electron chi connectivity index (χ3n) is 5.85. The lowest BCUT2D eigenvalue weighted by Crippen LogP contribution is -2.30. The predicted molar refractivity (Wildman–Crippen MR) is 126 cm³/mol. The van der Waals surface area contributed by atoms with E-state index in [-0.39, 0.29) is 17.9 Å². The third-order valence-corrected chi connectivity index (χ3v) is 6.53. The van der Waals surface area contributed by atoms with Gasteiger partial charge in [0.05, 0.1) is 24.0 Å². The van der Waals surface area contributed by atoms with Crippen molar-refractivity contribution >= 4 is 22.9 Å². The summed E-state index contributed by atoms with van der Waals surface area (Å²) in [4.78, 5) is 20.0. The largest absolute Gasteiger partial charge is 0.378 e. The summed E-state index contributed by atoms with van der Waals surface area (Å²) in [5, 5.41) is 11.7. The standard InChI is InChI=1S/C25H24N4O2S/c1-15(2)22-21-23(28-27-22)25(30)29(24(21)19-5-4-11-26-20(19)13-31-3)18-8-6-16(7-9-18)17-10-12-32-14-17/h4-12,14-15,24H,13H2,1-3H3,(H,27,28). The van der Waals surface area contributed by atoms with Crippen molar-refractivity contribution in [1.29, 1.82) is 0 Å². The number of ether oxygens (including phenoxy) is 1. The number of nitrogens with zero attached hydrogens (tertiary/aromatic N) is 3. The number of carbonyl (C=O) groups is 1. The van der Waals surface area contributed by atoms with Gasteiger partial charge in [0.25, 0.3) is 5.91 Å². The van der Waals surface area contributed by atoms with Gasteiger partial charge in [0.15, 0.2) is 0 Å². The Labute approximate surface area is 190 Å². The summed E-state index contributed by atoms with van der Waals surface area (Å²) in [5.41, 5.74) is 7.29. The second-order valence-electron chi connectivity index (χ2n) is 8.16. The first-order chi connectivity index (χ1) is 15.6. The zero-order valence-corrected chi connectivity index (χ0v) is 19.0. The van der Waals surface area contributed by atoms with Crippen LogP contribution in [0.1, 0.15) is 58.8 Å². The van der Waals surface area contributed by atoms with E-state index in [1.807, 2.05) is 29.2 Å². The SMILES string of the molecule is COCc1ncccc1C1c2c(C(C)C)n[nH]c2C(=O)N1c1ccc(-c2ccsc2)cc1. The molecule has 0 aliphatic carbocycles. The molecule has 0 radical (unpaired) electrons. The van der Waals surface area contributed by atoms with E-state index in [0.717, 1.165) is 33.8 Å². The number of benzene rings is 1. The molecule has 1 atom stereocenters. The zero-order chi connectivity index (χ0) is 22.2. The number of rotatable bonds is 6. The van der Waals surface area contributed by atoms with Crippen molar-refractivity contribution in [3.05, 3.63) is 87.6 Å². The molecular weight excluding hydrogens is 420 g/mol. The van der Waals surface area contributed by atoms with Crippen LogP contribution in [0.4, 0.5) is 5.69 Å². The van der Waals surface area contributed by atoms with Crippen molar-refractivity contribution in [3.63, 3.8) is 0 Å². The number of anilines is 1. The minimum absolute atomic E-state index is 0.0834. The Kier molecular flexibility index (Phi) is 5.36. The highest BCUT2D eigenvalue weighted by Crippen LogP contribution is 2.45. The van der Waals surface area contributed by atoms with Gasteiger partial charge in [-0.05, 0) is 52.1 Å². The first-order valence-electron chi connectivity index (χ1n) is 10.6. The fourth-order valence-electron chi connectivity index (χ4n) is 4.37. The van der Waals surface area contributed by atoms with Crippen LogP contribution in [0, 0.1) is 0 Å². The molecule has 1 amide bonds. The van der Waals surface area contributed by atoms with E-state index in [2.05, 4.69) is 58.0 Å². The molecule has 1 aromatic carbocycles. The lowest BCUT2D eigenvalue weighted by Gasteiger charge is -2.28. The summed E-state index contributed by atoms with van der Waals surface area (Å²) in [6.07, 6.45) is 1.76. The van der Waals surface area contributed by atoms with Crippen LogP contribution in [0.5, 0.6) is 0 Å². The summed E-state index contributed by atoms with van der Waals surface area (Å²) in [6, 6.07) is 13.9. The minimum Gasteiger partial charge on any atom is -0.378 e. The highest BCUT2D eigenvalue weighted by molar-refractivity contribution is 7.08. The van der Waals surface area contributed by atoms with Crippen LogP contribution in [-0.2, 0) is 11.3 Å². The molecule has 0 bridgehead atoms. The van der Waals surface area contributed by atoms with Crippen molar-refractivity contribution in [2.45, 2.75) is 32.4 Å². The van der Waals surface area contributed by atoms with Crippen molar-refractivity contribution in [3.8, 4) is 11.1 Å². The molecule has 1 unspecified atom stereocenters. The number of carbonyl (C=O) groups excluding carboxylic acids is 1. The molecule has 1 aliphatic rings. The average molecular weight is 445 g/mol. The van der Waals surface area contributed by atoms with E-state index in [1.165, 1.54) is 5.56 Å². The first-order valence-corrected chi connectivity index (χ1v) is 11.5. The molecule has 4 heterocycles. The molecule has 0 spiro atoms. The van der Waals surface area contributed by atoms with Gasteiger partial charge >= 0.3 is 0 Å². The Bertz CT molecular complexity index is 1250. The number of hydrogen-bond donors (Lipinski definition) is 1. The van der Waals surface area contributed by atoms with Crippen LogP contribution in [0.25, 0.3) is 11.1 Å². The molecule has 5 rings (SSSR count). The Morgan fingerprint density at radius 1 is 1.16 bits per heavy atom.